The Balaban J connectivity index is 2.04. The second kappa shape index (κ2) is 6.57. The monoisotopic (exact) mass is 356 g/mol. The molecule has 0 saturated carbocycles. The number of carbonyl (C=O) groups is 2. The number of rotatable bonds is 4. The highest BCUT2D eigenvalue weighted by Gasteiger charge is 2.23. The minimum absolute atomic E-state index is 0.00130. The maximum absolute atomic E-state index is 13.5. The van der Waals surface area contributed by atoms with Gasteiger partial charge in [0.15, 0.2) is 5.78 Å². The van der Waals surface area contributed by atoms with Crippen LogP contribution in [0.1, 0.15) is 26.3 Å². The molecule has 4 rings (SSSR count). The molecule has 0 fully saturated rings. The third-order valence-corrected chi connectivity index (χ3v) is 4.74. The molecule has 1 N–H and O–H groups in total. The molecule has 0 bridgehead atoms. The number of benzene rings is 4. The fraction of sp³-hybridized carbons (Fsp3) is 0.0435. The van der Waals surface area contributed by atoms with Gasteiger partial charge in [0.05, 0.1) is 12.7 Å². The summed E-state index contributed by atoms with van der Waals surface area (Å²) < 4.78 is 5.39. The van der Waals surface area contributed by atoms with Gasteiger partial charge < -0.3 is 9.84 Å². The number of carboxylic acid groups (broad SMARTS) is 1. The van der Waals surface area contributed by atoms with Gasteiger partial charge in [0, 0.05) is 16.5 Å². The number of methoxy groups -OCH3 is 1. The maximum atomic E-state index is 13.5. The first-order valence-electron chi connectivity index (χ1n) is 8.47. The average molecular weight is 356 g/mol. The number of fused-ring (bicyclic) bond motifs is 2. The number of carboxylic acids is 1. The van der Waals surface area contributed by atoms with Crippen molar-refractivity contribution in [3.63, 3.8) is 0 Å². The highest BCUT2D eigenvalue weighted by atomic mass is 16.5. The lowest BCUT2D eigenvalue weighted by Crippen LogP contribution is -2.11. The summed E-state index contributed by atoms with van der Waals surface area (Å²) in [5.41, 5.74) is 0.653. The SMILES string of the molecule is COc1ccc(C(=O)c2c(C(=O)O)ccc3ccccc23)c2ccccc12. The summed E-state index contributed by atoms with van der Waals surface area (Å²) in [7, 11) is 1.58. The van der Waals surface area contributed by atoms with Crippen molar-refractivity contribution in [3.8, 4) is 5.75 Å². The molecule has 27 heavy (non-hydrogen) atoms. The third kappa shape index (κ3) is 2.72. The zero-order chi connectivity index (χ0) is 19.0. The quantitative estimate of drug-likeness (QED) is 0.527. The number of aromatic carboxylic acids is 1. The van der Waals surface area contributed by atoms with E-state index in [0.29, 0.717) is 16.7 Å². The van der Waals surface area contributed by atoms with E-state index in [2.05, 4.69) is 0 Å². The molecule has 4 aromatic carbocycles. The first kappa shape index (κ1) is 16.8. The summed E-state index contributed by atoms with van der Waals surface area (Å²) in [6.45, 7) is 0. The minimum atomic E-state index is -1.12. The standard InChI is InChI=1S/C23H16O4/c1-27-20-13-12-18(16-8-4-5-9-17(16)20)22(24)21-15-7-3-2-6-14(15)10-11-19(21)23(25)26/h2-13H,1H3,(H,25,26). The fourth-order valence-corrected chi connectivity index (χ4v) is 3.48. The van der Waals surface area contributed by atoms with E-state index >= 15 is 0 Å². The van der Waals surface area contributed by atoms with Crippen LogP contribution >= 0.6 is 0 Å². The summed E-state index contributed by atoms with van der Waals surface area (Å²) >= 11 is 0. The van der Waals surface area contributed by atoms with Crippen LogP contribution in [0.5, 0.6) is 5.75 Å². The lowest BCUT2D eigenvalue weighted by molar-refractivity contribution is 0.0693. The topological polar surface area (TPSA) is 63.6 Å². The molecule has 0 aromatic heterocycles. The van der Waals surface area contributed by atoms with Gasteiger partial charge in [-0.15, -0.1) is 0 Å². The van der Waals surface area contributed by atoms with E-state index in [1.54, 1.807) is 37.4 Å². The fourth-order valence-electron chi connectivity index (χ4n) is 3.48. The van der Waals surface area contributed by atoms with Crippen LogP contribution in [0.3, 0.4) is 0 Å². The van der Waals surface area contributed by atoms with Crippen LogP contribution in [0.15, 0.2) is 72.8 Å². The van der Waals surface area contributed by atoms with Crippen LogP contribution in [0.25, 0.3) is 21.5 Å². The number of hydrogen-bond donors (Lipinski definition) is 1. The Labute approximate surface area is 155 Å². The first-order chi connectivity index (χ1) is 13.1. The second-order valence-electron chi connectivity index (χ2n) is 6.20. The lowest BCUT2D eigenvalue weighted by Gasteiger charge is -2.13. The van der Waals surface area contributed by atoms with E-state index in [9.17, 15) is 14.7 Å². The van der Waals surface area contributed by atoms with Crippen molar-refractivity contribution >= 4 is 33.3 Å². The predicted molar refractivity (Wildman–Crippen MR) is 105 cm³/mol. The molecule has 4 aromatic rings. The van der Waals surface area contributed by atoms with Crippen molar-refractivity contribution in [2.45, 2.75) is 0 Å². The number of ketones is 1. The summed E-state index contributed by atoms with van der Waals surface area (Å²) in [4.78, 5) is 25.3. The molecule has 0 saturated heterocycles. The average Bonchev–Trinajstić information content (AvgIpc) is 2.71. The van der Waals surface area contributed by atoms with Crippen LogP contribution in [0, 0.1) is 0 Å². The lowest BCUT2D eigenvalue weighted by atomic mass is 9.90. The van der Waals surface area contributed by atoms with Crippen LogP contribution < -0.4 is 4.74 Å². The third-order valence-electron chi connectivity index (χ3n) is 4.74. The Morgan fingerprint density at radius 1 is 0.741 bits per heavy atom. The van der Waals surface area contributed by atoms with Gasteiger partial charge >= 0.3 is 5.97 Å². The maximum Gasteiger partial charge on any atom is 0.336 e. The normalized spacial score (nSPS) is 10.9. The Hall–Kier alpha value is -3.66. The Morgan fingerprint density at radius 3 is 2.07 bits per heavy atom. The van der Waals surface area contributed by atoms with Crippen molar-refractivity contribution in [3.05, 3.63) is 89.5 Å². The van der Waals surface area contributed by atoms with Crippen LogP contribution in [-0.4, -0.2) is 24.0 Å². The van der Waals surface area contributed by atoms with Crippen LogP contribution in [0.2, 0.25) is 0 Å². The Morgan fingerprint density at radius 2 is 1.37 bits per heavy atom. The molecule has 0 aliphatic carbocycles. The Kier molecular flexibility index (Phi) is 4.09. The smallest absolute Gasteiger partial charge is 0.336 e. The van der Waals surface area contributed by atoms with E-state index in [-0.39, 0.29) is 16.9 Å². The molecular weight excluding hydrogens is 340 g/mol. The van der Waals surface area contributed by atoms with Gasteiger partial charge in [0.25, 0.3) is 0 Å². The van der Waals surface area contributed by atoms with Gasteiger partial charge in [-0.2, -0.15) is 0 Å². The molecule has 132 valence electrons. The van der Waals surface area contributed by atoms with E-state index < -0.39 is 5.97 Å². The molecule has 0 aliphatic heterocycles. The predicted octanol–water partition coefficient (Wildman–Crippen LogP) is 4.93. The Bertz CT molecular complexity index is 1210. The van der Waals surface area contributed by atoms with E-state index in [0.717, 1.165) is 16.2 Å². The van der Waals surface area contributed by atoms with Gasteiger partial charge in [-0.1, -0.05) is 54.6 Å². The van der Waals surface area contributed by atoms with Crippen LogP contribution in [0.4, 0.5) is 0 Å². The van der Waals surface area contributed by atoms with Gasteiger partial charge in [-0.05, 0) is 34.4 Å². The van der Waals surface area contributed by atoms with Gasteiger partial charge in [-0.25, -0.2) is 4.79 Å². The van der Waals surface area contributed by atoms with E-state index in [1.807, 2.05) is 36.4 Å². The highest BCUT2D eigenvalue weighted by molar-refractivity contribution is 6.25. The van der Waals surface area contributed by atoms with Crippen molar-refractivity contribution in [1.82, 2.24) is 0 Å². The summed E-state index contributed by atoms with van der Waals surface area (Å²) in [6, 6.07) is 21.4. The second-order valence-corrected chi connectivity index (χ2v) is 6.20. The highest BCUT2D eigenvalue weighted by Crippen LogP contribution is 2.32. The van der Waals surface area contributed by atoms with E-state index in [4.69, 9.17) is 4.74 Å². The largest absolute Gasteiger partial charge is 0.496 e. The van der Waals surface area contributed by atoms with Crippen LogP contribution in [-0.2, 0) is 0 Å². The van der Waals surface area contributed by atoms with Crippen molar-refractivity contribution in [2.75, 3.05) is 7.11 Å². The molecule has 0 heterocycles. The first-order valence-corrected chi connectivity index (χ1v) is 8.47. The molecule has 4 heteroatoms. The molecule has 0 spiro atoms. The molecular formula is C23H16O4. The molecule has 0 aliphatic rings. The molecule has 0 amide bonds. The summed E-state index contributed by atoms with van der Waals surface area (Å²) in [5.74, 6) is -0.775. The zero-order valence-corrected chi connectivity index (χ0v) is 14.6. The summed E-state index contributed by atoms with van der Waals surface area (Å²) in [5, 5.41) is 12.6. The minimum Gasteiger partial charge on any atom is -0.496 e. The van der Waals surface area contributed by atoms with Crippen molar-refractivity contribution in [1.29, 1.82) is 0 Å². The molecule has 0 unspecified atom stereocenters. The number of ether oxygens (including phenoxy) is 1. The van der Waals surface area contributed by atoms with Gasteiger partial charge in [0.1, 0.15) is 5.75 Å². The number of hydrogen-bond acceptors (Lipinski definition) is 3. The van der Waals surface area contributed by atoms with Gasteiger partial charge in [-0.3, -0.25) is 4.79 Å². The molecule has 0 radical (unpaired) electrons. The van der Waals surface area contributed by atoms with Crippen molar-refractivity contribution < 1.29 is 19.4 Å². The molecule has 4 nitrogen and oxygen atoms in total. The van der Waals surface area contributed by atoms with Gasteiger partial charge in [0.2, 0.25) is 0 Å². The number of carbonyl (C=O) groups excluding carboxylic acids is 1. The zero-order valence-electron chi connectivity index (χ0n) is 14.6. The van der Waals surface area contributed by atoms with E-state index in [1.165, 1.54) is 6.07 Å². The summed E-state index contributed by atoms with van der Waals surface area (Å²) in [6.07, 6.45) is 0. The van der Waals surface area contributed by atoms with Crippen molar-refractivity contribution in [2.24, 2.45) is 0 Å². The molecule has 0 atom stereocenters.